The van der Waals surface area contributed by atoms with Crippen molar-refractivity contribution in [3.05, 3.63) is 59.6 Å². The van der Waals surface area contributed by atoms with Crippen LogP contribution in [0.5, 0.6) is 0 Å². The first kappa shape index (κ1) is 12.7. The van der Waals surface area contributed by atoms with Crippen LogP contribution in [0, 0.1) is 0 Å². The van der Waals surface area contributed by atoms with Crippen LogP contribution in [0.1, 0.15) is 12.7 Å². The van der Waals surface area contributed by atoms with E-state index >= 15 is 0 Å². The molecule has 0 fully saturated rings. The Hall–Kier alpha value is -2.33. The summed E-state index contributed by atoms with van der Waals surface area (Å²) in [5.74, 6) is 0.735. The lowest BCUT2D eigenvalue weighted by Crippen LogP contribution is -1.99. The minimum absolute atomic E-state index is 0.664. The molecule has 3 rings (SSSR count). The van der Waals surface area contributed by atoms with Crippen molar-refractivity contribution in [3.8, 4) is 0 Å². The molecule has 0 bridgehead atoms. The highest BCUT2D eigenvalue weighted by Crippen LogP contribution is 2.24. The van der Waals surface area contributed by atoms with Gasteiger partial charge in [0.1, 0.15) is 11.5 Å². The first-order chi connectivity index (χ1) is 9.74. The van der Waals surface area contributed by atoms with Crippen molar-refractivity contribution in [1.82, 2.24) is 4.98 Å². The Labute approximate surface area is 121 Å². The highest BCUT2D eigenvalue weighted by molar-refractivity contribution is 6.31. The third-order valence-electron chi connectivity index (χ3n) is 2.93. The first-order valence-electron chi connectivity index (χ1n) is 6.12. The van der Waals surface area contributed by atoms with Crippen molar-refractivity contribution >= 4 is 33.9 Å². The van der Waals surface area contributed by atoms with Crippen LogP contribution in [-0.4, -0.2) is 10.7 Å². The zero-order chi connectivity index (χ0) is 13.9. The number of hydrogen-bond acceptors (Lipinski definition) is 4. The Bertz CT molecular complexity index is 766. The number of hydrazone groups is 1. The van der Waals surface area contributed by atoms with E-state index in [1.54, 1.807) is 12.5 Å². The molecule has 0 unspecified atom stereocenters. The highest BCUT2D eigenvalue weighted by Gasteiger charge is 2.03. The molecule has 2 heterocycles. The lowest BCUT2D eigenvalue weighted by molar-refractivity contribution is 0.557. The monoisotopic (exact) mass is 285 g/mol. The molecular weight excluding hydrogens is 274 g/mol. The van der Waals surface area contributed by atoms with Crippen molar-refractivity contribution in [1.29, 1.82) is 0 Å². The third-order valence-corrected chi connectivity index (χ3v) is 3.16. The molecule has 0 saturated heterocycles. The Kier molecular flexibility index (Phi) is 3.39. The van der Waals surface area contributed by atoms with E-state index in [0.29, 0.717) is 5.02 Å². The van der Waals surface area contributed by atoms with Gasteiger partial charge in [-0.25, -0.2) is 0 Å². The number of halogens is 1. The highest BCUT2D eigenvalue weighted by atomic mass is 35.5. The van der Waals surface area contributed by atoms with Crippen LogP contribution in [0.25, 0.3) is 10.9 Å². The number of rotatable bonds is 3. The van der Waals surface area contributed by atoms with E-state index < -0.39 is 0 Å². The summed E-state index contributed by atoms with van der Waals surface area (Å²) in [6, 6.07) is 11.1. The average Bonchev–Trinajstić information content (AvgIpc) is 2.98. The molecule has 4 nitrogen and oxygen atoms in total. The Balaban J connectivity index is 1.93. The van der Waals surface area contributed by atoms with E-state index in [0.717, 1.165) is 28.1 Å². The summed E-state index contributed by atoms with van der Waals surface area (Å²) < 4.78 is 5.29. The predicted molar refractivity (Wildman–Crippen MR) is 81.3 cm³/mol. The molecule has 1 N–H and O–H groups in total. The van der Waals surface area contributed by atoms with E-state index in [9.17, 15) is 0 Å². The number of hydrogen-bond donors (Lipinski definition) is 1. The van der Waals surface area contributed by atoms with E-state index in [1.165, 1.54) is 0 Å². The van der Waals surface area contributed by atoms with Gasteiger partial charge in [-0.1, -0.05) is 11.6 Å². The van der Waals surface area contributed by atoms with Crippen LogP contribution in [0.4, 0.5) is 5.69 Å². The molecule has 1 aromatic carbocycles. The summed E-state index contributed by atoms with van der Waals surface area (Å²) in [5, 5.41) is 5.95. The van der Waals surface area contributed by atoms with Crippen molar-refractivity contribution < 1.29 is 4.42 Å². The number of pyridine rings is 1. The van der Waals surface area contributed by atoms with E-state index in [-0.39, 0.29) is 0 Å². The molecule has 0 spiro atoms. The molecule has 0 radical (unpaired) electrons. The third kappa shape index (κ3) is 2.51. The van der Waals surface area contributed by atoms with Crippen LogP contribution in [0.3, 0.4) is 0 Å². The predicted octanol–water partition coefficient (Wildman–Crippen LogP) is 4.32. The van der Waals surface area contributed by atoms with Crippen molar-refractivity contribution in [3.63, 3.8) is 0 Å². The molecule has 0 atom stereocenters. The molecule has 20 heavy (non-hydrogen) atoms. The largest absolute Gasteiger partial charge is 0.463 e. The second-order valence-electron chi connectivity index (χ2n) is 4.31. The van der Waals surface area contributed by atoms with Gasteiger partial charge >= 0.3 is 0 Å². The second-order valence-corrected chi connectivity index (χ2v) is 4.74. The number of benzene rings is 1. The fourth-order valence-electron chi connectivity index (χ4n) is 1.90. The summed E-state index contributed by atoms with van der Waals surface area (Å²) in [6.07, 6.45) is 3.34. The summed E-state index contributed by atoms with van der Waals surface area (Å²) in [4.78, 5) is 4.29. The molecule has 2 aromatic heterocycles. The summed E-state index contributed by atoms with van der Waals surface area (Å²) in [7, 11) is 0. The van der Waals surface area contributed by atoms with Gasteiger partial charge in [-0.2, -0.15) is 5.10 Å². The maximum Gasteiger partial charge on any atom is 0.149 e. The number of nitrogens with zero attached hydrogens (tertiary/aromatic N) is 2. The second kappa shape index (κ2) is 5.35. The Morgan fingerprint density at radius 2 is 2.20 bits per heavy atom. The molecule has 0 amide bonds. The van der Waals surface area contributed by atoms with Crippen LogP contribution < -0.4 is 5.43 Å². The van der Waals surface area contributed by atoms with E-state index in [2.05, 4.69) is 15.5 Å². The summed E-state index contributed by atoms with van der Waals surface area (Å²) in [5.41, 5.74) is 5.51. The SMILES string of the molecule is CC(=NNc1ccnc2cc(Cl)ccc12)c1ccco1. The first-order valence-corrected chi connectivity index (χ1v) is 6.50. The average molecular weight is 286 g/mol. The Morgan fingerprint density at radius 1 is 1.30 bits per heavy atom. The van der Waals surface area contributed by atoms with Crippen LogP contribution in [0.15, 0.2) is 58.4 Å². The smallest absolute Gasteiger partial charge is 0.149 e. The van der Waals surface area contributed by atoms with Gasteiger partial charge in [0, 0.05) is 16.6 Å². The normalized spacial score (nSPS) is 11.8. The maximum atomic E-state index is 5.97. The summed E-state index contributed by atoms with van der Waals surface area (Å²) in [6.45, 7) is 1.88. The zero-order valence-electron chi connectivity index (χ0n) is 10.8. The van der Waals surface area contributed by atoms with E-state index in [1.807, 2.05) is 43.3 Å². The van der Waals surface area contributed by atoms with Crippen LogP contribution in [0.2, 0.25) is 5.02 Å². The van der Waals surface area contributed by atoms with Crippen LogP contribution >= 0.6 is 11.6 Å². The van der Waals surface area contributed by atoms with Gasteiger partial charge in [0.25, 0.3) is 0 Å². The fourth-order valence-corrected chi connectivity index (χ4v) is 2.07. The zero-order valence-corrected chi connectivity index (χ0v) is 11.6. The van der Waals surface area contributed by atoms with Crippen molar-refractivity contribution in [2.75, 3.05) is 5.43 Å². The topological polar surface area (TPSA) is 50.4 Å². The van der Waals surface area contributed by atoms with E-state index in [4.69, 9.17) is 16.0 Å². The quantitative estimate of drug-likeness (QED) is 0.576. The Morgan fingerprint density at radius 3 is 3.00 bits per heavy atom. The number of nitrogens with one attached hydrogen (secondary N) is 1. The number of furan rings is 1. The lowest BCUT2D eigenvalue weighted by atomic mass is 10.2. The number of anilines is 1. The molecular formula is C15H12ClN3O. The molecule has 3 aromatic rings. The minimum Gasteiger partial charge on any atom is -0.463 e. The molecule has 100 valence electrons. The lowest BCUT2D eigenvalue weighted by Gasteiger charge is -2.06. The standard InChI is InChI=1S/C15H12ClN3O/c1-10(15-3-2-8-20-15)18-19-13-6-7-17-14-9-11(16)4-5-12(13)14/h2-9H,1H3,(H,17,19). The fraction of sp³-hybridized carbons (Fsp3) is 0.0667. The van der Waals surface area contributed by atoms with Gasteiger partial charge in [0.05, 0.1) is 17.5 Å². The molecule has 0 aliphatic carbocycles. The van der Waals surface area contributed by atoms with Gasteiger partial charge in [-0.3, -0.25) is 10.4 Å². The van der Waals surface area contributed by atoms with Gasteiger partial charge in [-0.05, 0) is 43.3 Å². The van der Waals surface area contributed by atoms with Gasteiger partial charge in [0.15, 0.2) is 0 Å². The van der Waals surface area contributed by atoms with Gasteiger partial charge in [-0.15, -0.1) is 0 Å². The molecule has 5 heteroatoms. The maximum absolute atomic E-state index is 5.97. The molecule has 0 saturated carbocycles. The van der Waals surface area contributed by atoms with Crippen molar-refractivity contribution in [2.45, 2.75) is 6.92 Å². The van der Waals surface area contributed by atoms with Crippen LogP contribution in [-0.2, 0) is 0 Å². The molecule has 0 aliphatic heterocycles. The molecule has 0 aliphatic rings. The number of aromatic nitrogens is 1. The van der Waals surface area contributed by atoms with Gasteiger partial charge < -0.3 is 4.42 Å². The van der Waals surface area contributed by atoms with Gasteiger partial charge in [0.2, 0.25) is 0 Å². The van der Waals surface area contributed by atoms with Crippen molar-refractivity contribution in [2.24, 2.45) is 5.10 Å². The summed E-state index contributed by atoms with van der Waals surface area (Å²) >= 11 is 5.97. The number of fused-ring (bicyclic) bond motifs is 1. The minimum atomic E-state index is 0.664.